The lowest BCUT2D eigenvalue weighted by atomic mass is 9.93. The molecule has 0 spiro atoms. The van der Waals surface area contributed by atoms with E-state index in [-0.39, 0.29) is 30.5 Å². The van der Waals surface area contributed by atoms with Crippen molar-refractivity contribution in [3.8, 4) is 5.75 Å². The van der Waals surface area contributed by atoms with E-state index in [1.54, 1.807) is 28.7 Å². The zero-order chi connectivity index (χ0) is 110. The summed E-state index contributed by atoms with van der Waals surface area (Å²) in [5, 5.41) is 109. The maximum atomic E-state index is 12.3. The molecular formula is C107H211N17O20S. The lowest BCUT2D eigenvalue weighted by Gasteiger charge is -2.42. The maximum absolute atomic E-state index is 12.3. The molecule has 0 radical (unpaired) electrons. The Balaban J connectivity index is 0.000000862. The van der Waals surface area contributed by atoms with E-state index in [1.165, 1.54) is 97.3 Å². The number of ether oxygens (including phenoxy) is 5. The van der Waals surface area contributed by atoms with Crippen molar-refractivity contribution >= 4 is 27.6 Å². The van der Waals surface area contributed by atoms with Crippen molar-refractivity contribution in [3.05, 3.63) is 53.6 Å². The fraction of sp³-hybridized carbons (Fsp3) is 0.879. The highest BCUT2D eigenvalue weighted by atomic mass is 32.2. The summed E-state index contributed by atoms with van der Waals surface area (Å²) in [5.41, 5.74) is 3.02. The third-order valence-electron chi connectivity index (χ3n) is 26.8. The van der Waals surface area contributed by atoms with Crippen molar-refractivity contribution in [2.24, 2.45) is 47.3 Å². The first-order chi connectivity index (χ1) is 68.1. The molecule has 850 valence electrons. The predicted molar refractivity (Wildman–Crippen MR) is 579 cm³/mol. The van der Waals surface area contributed by atoms with E-state index >= 15 is 0 Å². The summed E-state index contributed by atoms with van der Waals surface area (Å²) in [7, 11) is 20.6. The molecule has 38 heteroatoms. The van der Waals surface area contributed by atoms with E-state index in [9.17, 15) is 68.8 Å². The number of hydrogen-bond donors (Lipinski definition) is 11. The number of unbranched alkanes of at least 4 members (excludes halogenated alkanes) is 1. The first-order valence-corrected chi connectivity index (χ1v) is 55.8. The number of carbonyl (C=O) groups is 3. The molecular weight excluding hydrogens is 1880 g/mol. The molecule has 4 saturated heterocycles. The Morgan fingerprint density at radius 3 is 1.34 bits per heavy atom. The van der Waals surface area contributed by atoms with Gasteiger partial charge in [-0.3, -0.25) is 18.9 Å². The molecule has 6 heterocycles. The second-order valence-corrected chi connectivity index (χ2v) is 46.0. The van der Waals surface area contributed by atoms with E-state index in [4.69, 9.17) is 28.2 Å². The minimum absolute atomic E-state index is 0.146. The summed E-state index contributed by atoms with van der Waals surface area (Å²) in [6, 6.07) is 8.46. The maximum Gasteiger partial charge on any atom is 0.266 e. The number of nitrogens with zero attached hydrogens (tertiary/aromatic N) is 16. The molecule has 3 aromatic rings. The lowest BCUT2D eigenvalue weighted by Crippen LogP contribution is -2.60. The molecule has 7 rings (SSSR count). The predicted octanol–water partition coefficient (Wildman–Crippen LogP) is 8.27. The van der Waals surface area contributed by atoms with Crippen LogP contribution in [0.2, 0.25) is 0 Å². The van der Waals surface area contributed by atoms with Crippen molar-refractivity contribution in [1.82, 2.24) is 84.3 Å². The molecule has 0 bridgehead atoms. The van der Waals surface area contributed by atoms with Gasteiger partial charge in [0.25, 0.3) is 10.1 Å². The Morgan fingerprint density at radius 1 is 0.476 bits per heavy atom. The standard InChI is InChI=1S/C20H33NO5.C19H34N4O5.C18H34N4O5.C16H34N2O.C14H30N2O4S.C10H22N2.C10H24N2/c1-5-16-17(22)18(23)19(24)20(26-16)25-15-8-6-14(7-9-15)12-21(4)11-10-13(2)3;1-12(2)7-9-22(4)8-5-6-14-10-20-21-23(14)11-15-16(25)17(26)18(27)19(28-15)13(3)24;1-12(2)7-9-21(3)8-5-6-13-10-19-20-22(13)11-14-15(23)16(24)17(25)18(26-4)27-14;1-7-15(10-8-9-12-17(4)5)16(19)18(6)13-11-14(2)3;1-13(2)5-8-16(11-12-21(18,19)20)10-9-15(4)7-6-14(3)17;1-9(2)5-6-12(4)10-7-11(3)8-10;1-10(2)6-9-12(4)8-5-7-11-3/h6-9,13,16-20,22-24H,5,10-12H2,1-4H3;10,12,15-19,25-27H,5-9,11H2,1-4H3;10,12,14-18,23-25H,5-9,11H2,1-4H3;14-15H,7-13H2,1-6H3;13H,5-12H2,1-4H3,(H,18,19,20);9-10H,5-8H2,1-4H3;10-11H,5-9H2,1-4H3. The lowest BCUT2D eigenvalue weighted by molar-refractivity contribution is -0.292. The van der Waals surface area contributed by atoms with Gasteiger partial charge in [-0.25, -0.2) is 9.36 Å². The van der Waals surface area contributed by atoms with Crippen molar-refractivity contribution in [1.29, 1.82) is 0 Å². The Labute approximate surface area is 877 Å². The summed E-state index contributed by atoms with van der Waals surface area (Å²) in [4.78, 5) is 57.4. The average Bonchev–Trinajstić information content (AvgIpc) is 1.77. The molecule has 1 aromatic carbocycles. The SMILES string of the molecule is CC(=O)C1OC(Cn2nncc2CCCN(C)CCC(C)C)C(O)C(O)C1O.CC(=O)CCN(C)CCN(CCC(C)C)CCS(=O)(=O)O.CC(C)CCN(C)C1CN(C)C1.CCC(CCCCN(C)C)C(=O)N(C)CCC(C)C.CCC1OC(Oc2ccc(CN(C)CCC(C)C)cc2)C(O)C(O)C1O.CNCCCN(C)CCC(C)C.COC1OC(Cn2nncc2CCCN(C)CCC(C)C)C(O)C(O)C1O. The Kier molecular flexibility index (Phi) is 73.0. The number of aliphatic hydroxyl groups is 9. The third-order valence-corrected chi connectivity index (χ3v) is 27.5. The van der Waals surface area contributed by atoms with Gasteiger partial charge in [0.2, 0.25) is 12.2 Å². The van der Waals surface area contributed by atoms with Gasteiger partial charge in [0.05, 0.1) is 48.7 Å². The molecule has 16 unspecified atom stereocenters. The molecule has 1 amide bonds. The number of likely N-dealkylation sites (tertiary alicyclic amines) is 1. The number of likely N-dealkylation sites (N-methyl/N-ethyl adjacent to an activating group) is 3. The van der Waals surface area contributed by atoms with Crippen LogP contribution in [0.15, 0.2) is 36.7 Å². The molecule has 37 nitrogen and oxygen atoms in total. The second kappa shape index (κ2) is 76.6. The first kappa shape index (κ1) is 138. The van der Waals surface area contributed by atoms with Gasteiger partial charge in [-0.15, -0.1) is 10.2 Å². The fourth-order valence-electron chi connectivity index (χ4n) is 16.3. The van der Waals surface area contributed by atoms with Crippen LogP contribution >= 0.6 is 0 Å². The van der Waals surface area contributed by atoms with E-state index in [0.29, 0.717) is 67.2 Å². The molecule has 2 aromatic heterocycles. The van der Waals surface area contributed by atoms with Crippen molar-refractivity contribution in [3.63, 3.8) is 0 Å². The van der Waals surface area contributed by atoms with E-state index in [0.717, 1.165) is 166 Å². The number of ketones is 2. The Bertz CT molecular complexity index is 3850. The van der Waals surface area contributed by atoms with Gasteiger partial charge >= 0.3 is 0 Å². The summed E-state index contributed by atoms with van der Waals surface area (Å²) < 4.78 is 61.4. The number of benzene rings is 1. The Hall–Kier alpha value is -4.90. The number of carbonyl (C=O) groups excluding carboxylic acids is 3. The summed E-state index contributed by atoms with van der Waals surface area (Å²) in [5.74, 6) is 5.61. The monoisotopic (exact) mass is 2090 g/mol. The highest BCUT2D eigenvalue weighted by Crippen LogP contribution is 2.29. The molecule has 11 N–H and O–H groups in total. The van der Waals surface area contributed by atoms with E-state index in [2.05, 4.69) is 230 Å². The number of aliphatic hydroxyl groups excluding tert-OH is 9. The van der Waals surface area contributed by atoms with Crippen LogP contribution in [0.25, 0.3) is 0 Å². The first-order valence-electron chi connectivity index (χ1n) is 54.2. The third kappa shape index (κ3) is 61.6. The van der Waals surface area contributed by atoms with Gasteiger partial charge in [-0.2, -0.15) is 8.42 Å². The summed E-state index contributed by atoms with van der Waals surface area (Å²) in [6.45, 7) is 57.1. The molecule has 16 atom stereocenters. The van der Waals surface area contributed by atoms with Crippen LogP contribution in [0.5, 0.6) is 5.75 Å². The van der Waals surface area contributed by atoms with Gasteiger partial charge in [0.15, 0.2) is 12.1 Å². The van der Waals surface area contributed by atoms with Gasteiger partial charge in [-0.1, -0.05) is 140 Å². The van der Waals surface area contributed by atoms with Gasteiger partial charge < -0.3 is 124 Å². The molecule has 4 aliphatic heterocycles. The van der Waals surface area contributed by atoms with Crippen molar-refractivity contribution in [2.75, 3.05) is 208 Å². The number of rotatable bonds is 61. The van der Waals surface area contributed by atoms with Crippen LogP contribution in [0.3, 0.4) is 0 Å². The van der Waals surface area contributed by atoms with Crippen LogP contribution in [-0.4, -0.2) is 462 Å². The van der Waals surface area contributed by atoms with E-state index < -0.39 is 108 Å². The zero-order valence-electron chi connectivity index (χ0n) is 95.7. The van der Waals surface area contributed by atoms with Crippen LogP contribution in [0.4, 0.5) is 0 Å². The normalized spacial score (nSPS) is 22.3. The molecule has 0 saturated carbocycles. The van der Waals surface area contributed by atoms with Crippen LogP contribution < -0.4 is 10.1 Å². The summed E-state index contributed by atoms with van der Waals surface area (Å²) >= 11 is 0. The number of aromatic nitrogens is 6. The smallest absolute Gasteiger partial charge is 0.266 e. The zero-order valence-corrected chi connectivity index (χ0v) is 96.5. The summed E-state index contributed by atoms with van der Waals surface area (Å²) in [6.07, 6.45) is 4.68. The van der Waals surface area contributed by atoms with Crippen LogP contribution in [0.1, 0.15) is 244 Å². The highest BCUT2D eigenvalue weighted by molar-refractivity contribution is 7.85. The molecule has 145 heavy (non-hydrogen) atoms. The number of hydrogen-bond acceptors (Lipinski definition) is 33. The Morgan fingerprint density at radius 2 is 0.903 bits per heavy atom. The topological polar surface area (TPSA) is 440 Å². The largest absolute Gasteiger partial charge is 0.462 e. The van der Waals surface area contributed by atoms with Crippen LogP contribution in [0, 0.1) is 47.3 Å². The molecule has 0 aliphatic carbocycles. The minimum Gasteiger partial charge on any atom is -0.462 e. The van der Waals surface area contributed by atoms with Crippen molar-refractivity contribution in [2.45, 2.75) is 358 Å². The van der Waals surface area contributed by atoms with Gasteiger partial charge in [0, 0.05) is 84.9 Å². The highest BCUT2D eigenvalue weighted by Gasteiger charge is 2.48. The number of methoxy groups -OCH3 is 1. The second-order valence-electron chi connectivity index (χ2n) is 44.4. The average molecular weight is 2090 g/mol. The van der Waals surface area contributed by atoms with Gasteiger partial charge in [-0.05, 0) is 318 Å². The van der Waals surface area contributed by atoms with E-state index in [1.807, 2.05) is 57.2 Å². The molecule has 4 aliphatic rings. The quantitative estimate of drug-likeness (QED) is 0.0187. The minimum atomic E-state index is -3.92. The fourth-order valence-corrected chi connectivity index (χ4v) is 16.7. The number of Topliss-reactive ketones (excluding diaryl/α,β-unsaturated/α-hetero) is 2. The number of aryl methyl sites for hydroxylation is 2. The molecule has 4 fully saturated rings. The number of amides is 1. The van der Waals surface area contributed by atoms with Crippen LogP contribution in [-0.2, 0) is 75.9 Å². The number of nitrogens with one attached hydrogen (secondary N) is 1. The van der Waals surface area contributed by atoms with Gasteiger partial charge in [0.1, 0.15) is 84.8 Å². The van der Waals surface area contributed by atoms with Crippen molar-refractivity contribution < 1.29 is 97.0 Å².